The van der Waals surface area contributed by atoms with Gasteiger partial charge in [-0.15, -0.1) is 0 Å². The average molecular weight is 395 g/mol. The maximum absolute atomic E-state index is 4.58. The van der Waals surface area contributed by atoms with E-state index in [1.807, 2.05) is 19.3 Å². The van der Waals surface area contributed by atoms with Gasteiger partial charge in [-0.25, -0.2) is 15.0 Å². The zero-order valence-corrected chi connectivity index (χ0v) is 17.2. The topological polar surface area (TPSA) is 72.8 Å². The van der Waals surface area contributed by atoms with Crippen LogP contribution < -0.4 is 15.1 Å². The number of piperazine rings is 1. The number of nitrogens with one attached hydrogen (secondary N) is 1. The van der Waals surface area contributed by atoms with E-state index < -0.39 is 0 Å². The van der Waals surface area contributed by atoms with E-state index in [0.29, 0.717) is 0 Å². The summed E-state index contributed by atoms with van der Waals surface area (Å²) in [4.78, 5) is 24.7. The summed E-state index contributed by atoms with van der Waals surface area (Å²) in [5, 5.41) is 3.52. The van der Waals surface area contributed by atoms with Gasteiger partial charge in [-0.2, -0.15) is 0 Å². The van der Waals surface area contributed by atoms with Crippen LogP contribution in [0.15, 0.2) is 41.8 Å². The van der Waals surface area contributed by atoms with Gasteiger partial charge in [0.2, 0.25) is 5.95 Å². The SMILES string of the molecule is CN=C(NCc1ccnc(N2CCCCC2)c1)N1CCN(c2ncccn2)CC1. The molecule has 8 heteroatoms. The molecule has 1 N–H and O–H groups in total. The van der Waals surface area contributed by atoms with Crippen molar-refractivity contribution in [3.8, 4) is 0 Å². The van der Waals surface area contributed by atoms with Gasteiger partial charge in [0.05, 0.1) is 0 Å². The Bertz CT molecular complexity index is 795. The Hall–Kier alpha value is -2.90. The number of aliphatic imine (C=N–C) groups is 1. The van der Waals surface area contributed by atoms with Crippen molar-refractivity contribution in [1.29, 1.82) is 0 Å². The summed E-state index contributed by atoms with van der Waals surface area (Å²) in [5.74, 6) is 2.84. The quantitative estimate of drug-likeness (QED) is 0.626. The Morgan fingerprint density at radius 1 is 0.931 bits per heavy atom. The molecule has 0 amide bonds. The van der Waals surface area contributed by atoms with Crippen LogP contribution >= 0.6 is 0 Å². The second kappa shape index (κ2) is 9.54. The number of rotatable bonds is 4. The van der Waals surface area contributed by atoms with Crippen molar-refractivity contribution in [3.63, 3.8) is 0 Å². The van der Waals surface area contributed by atoms with Crippen molar-refractivity contribution in [2.45, 2.75) is 25.8 Å². The molecule has 4 rings (SSSR count). The van der Waals surface area contributed by atoms with Crippen molar-refractivity contribution < 1.29 is 0 Å². The maximum atomic E-state index is 4.58. The van der Waals surface area contributed by atoms with Crippen LogP contribution in [0.25, 0.3) is 0 Å². The summed E-state index contributed by atoms with van der Waals surface area (Å²) < 4.78 is 0. The Kier molecular flexibility index (Phi) is 6.38. The number of nitrogens with zero attached hydrogens (tertiary/aromatic N) is 7. The van der Waals surface area contributed by atoms with Crippen LogP contribution in [0.5, 0.6) is 0 Å². The second-order valence-electron chi connectivity index (χ2n) is 7.49. The van der Waals surface area contributed by atoms with Gasteiger partial charge in [0.15, 0.2) is 5.96 Å². The molecular weight excluding hydrogens is 364 g/mol. The van der Waals surface area contributed by atoms with Crippen LogP contribution in [-0.4, -0.2) is 72.1 Å². The van der Waals surface area contributed by atoms with E-state index >= 15 is 0 Å². The number of guanidine groups is 1. The Labute approximate surface area is 172 Å². The predicted octanol–water partition coefficient (Wildman–Crippen LogP) is 1.76. The first-order valence-corrected chi connectivity index (χ1v) is 10.5. The smallest absolute Gasteiger partial charge is 0.225 e. The van der Waals surface area contributed by atoms with Crippen LogP contribution in [0.1, 0.15) is 24.8 Å². The van der Waals surface area contributed by atoms with E-state index in [1.54, 1.807) is 12.4 Å². The van der Waals surface area contributed by atoms with Crippen molar-refractivity contribution in [2.24, 2.45) is 4.99 Å². The first kappa shape index (κ1) is 19.4. The number of piperidine rings is 1. The van der Waals surface area contributed by atoms with E-state index in [0.717, 1.165) is 63.5 Å². The zero-order valence-electron chi connectivity index (χ0n) is 17.2. The third-order valence-electron chi connectivity index (χ3n) is 5.57. The lowest BCUT2D eigenvalue weighted by atomic mass is 10.1. The Balaban J connectivity index is 1.31. The average Bonchev–Trinajstić information content (AvgIpc) is 2.81. The molecule has 0 radical (unpaired) electrons. The summed E-state index contributed by atoms with van der Waals surface area (Å²) in [6.07, 6.45) is 9.36. The molecule has 0 bridgehead atoms. The molecule has 4 heterocycles. The minimum Gasteiger partial charge on any atom is -0.357 e. The van der Waals surface area contributed by atoms with Crippen molar-refractivity contribution >= 4 is 17.7 Å². The monoisotopic (exact) mass is 394 g/mol. The van der Waals surface area contributed by atoms with E-state index in [1.165, 1.54) is 24.8 Å². The van der Waals surface area contributed by atoms with Crippen molar-refractivity contribution in [1.82, 2.24) is 25.2 Å². The van der Waals surface area contributed by atoms with Gasteiger partial charge in [0.25, 0.3) is 0 Å². The van der Waals surface area contributed by atoms with Gasteiger partial charge >= 0.3 is 0 Å². The molecule has 154 valence electrons. The maximum Gasteiger partial charge on any atom is 0.225 e. The molecule has 0 aromatic carbocycles. The van der Waals surface area contributed by atoms with Gasteiger partial charge in [0.1, 0.15) is 5.82 Å². The molecule has 2 aliphatic heterocycles. The third-order valence-corrected chi connectivity index (χ3v) is 5.57. The molecule has 2 aromatic heterocycles. The van der Waals surface area contributed by atoms with Crippen molar-refractivity contribution in [3.05, 3.63) is 42.4 Å². The summed E-state index contributed by atoms with van der Waals surface area (Å²) in [7, 11) is 1.85. The first-order valence-electron chi connectivity index (χ1n) is 10.5. The lowest BCUT2D eigenvalue weighted by molar-refractivity contribution is 0.370. The molecule has 2 saturated heterocycles. The Morgan fingerprint density at radius 2 is 1.69 bits per heavy atom. The van der Waals surface area contributed by atoms with Gasteiger partial charge < -0.3 is 20.0 Å². The normalized spacial score (nSPS) is 18.1. The molecule has 2 aromatic rings. The van der Waals surface area contributed by atoms with Gasteiger partial charge in [-0.3, -0.25) is 4.99 Å². The number of hydrogen-bond donors (Lipinski definition) is 1. The van der Waals surface area contributed by atoms with Crippen LogP contribution in [-0.2, 0) is 6.54 Å². The highest BCUT2D eigenvalue weighted by molar-refractivity contribution is 5.80. The highest BCUT2D eigenvalue weighted by Gasteiger charge is 2.21. The molecule has 0 atom stereocenters. The first-order chi connectivity index (χ1) is 14.3. The highest BCUT2D eigenvalue weighted by Crippen LogP contribution is 2.18. The molecule has 2 fully saturated rings. The fourth-order valence-corrected chi connectivity index (χ4v) is 3.95. The minimum absolute atomic E-state index is 0.748. The number of pyridine rings is 1. The fourth-order valence-electron chi connectivity index (χ4n) is 3.95. The molecule has 2 aliphatic rings. The van der Waals surface area contributed by atoms with Crippen LogP contribution in [0.4, 0.5) is 11.8 Å². The second-order valence-corrected chi connectivity index (χ2v) is 7.49. The molecule has 29 heavy (non-hydrogen) atoms. The molecule has 0 unspecified atom stereocenters. The lowest BCUT2D eigenvalue weighted by Crippen LogP contribution is -2.52. The number of anilines is 2. The third kappa shape index (κ3) is 4.93. The van der Waals surface area contributed by atoms with Crippen molar-refractivity contribution in [2.75, 3.05) is 56.1 Å². The minimum atomic E-state index is 0.748. The van der Waals surface area contributed by atoms with E-state index in [4.69, 9.17) is 0 Å². The standard InChI is InChI=1S/C21H30N8/c1-22-20(28-12-14-29(15-13-28)21-24-7-5-8-25-21)26-17-18-6-9-23-19(16-18)27-10-3-2-4-11-27/h5-9,16H,2-4,10-15,17H2,1H3,(H,22,26). The Morgan fingerprint density at radius 3 is 2.41 bits per heavy atom. The number of hydrogen-bond acceptors (Lipinski definition) is 6. The van der Waals surface area contributed by atoms with Crippen LogP contribution in [0, 0.1) is 0 Å². The largest absolute Gasteiger partial charge is 0.357 e. The molecule has 0 aliphatic carbocycles. The molecule has 0 spiro atoms. The van der Waals surface area contributed by atoms with Gasteiger partial charge in [-0.05, 0) is 43.0 Å². The number of aromatic nitrogens is 3. The highest BCUT2D eigenvalue weighted by atomic mass is 15.4. The van der Waals surface area contributed by atoms with Crippen LogP contribution in [0.2, 0.25) is 0 Å². The summed E-state index contributed by atoms with van der Waals surface area (Å²) in [5.41, 5.74) is 1.23. The fraction of sp³-hybridized carbons (Fsp3) is 0.524. The van der Waals surface area contributed by atoms with E-state index in [9.17, 15) is 0 Å². The zero-order chi connectivity index (χ0) is 19.9. The predicted molar refractivity (Wildman–Crippen MR) is 116 cm³/mol. The van der Waals surface area contributed by atoms with Gasteiger partial charge in [0, 0.05) is 71.5 Å². The summed E-state index contributed by atoms with van der Waals surface area (Å²) in [6.45, 7) is 6.54. The summed E-state index contributed by atoms with van der Waals surface area (Å²) >= 11 is 0. The lowest BCUT2D eigenvalue weighted by Gasteiger charge is -2.36. The van der Waals surface area contributed by atoms with E-state index in [2.05, 4.69) is 52.1 Å². The van der Waals surface area contributed by atoms with Crippen LogP contribution in [0.3, 0.4) is 0 Å². The summed E-state index contributed by atoms with van der Waals surface area (Å²) in [6, 6.07) is 6.13. The van der Waals surface area contributed by atoms with E-state index in [-0.39, 0.29) is 0 Å². The molecular formula is C21H30N8. The van der Waals surface area contributed by atoms with Gasteiger partial charge in [-0.1, -0.05) is 0 Å². The molecule has 0 saturated carbocycles. The molecule has 8 nitrogen and oxygen atoms in total.